The summed E-state index contributed by atoms with van der Waals surface area (Å²) in [7, 11) is 1.62. The number of hydrogen-bond acceptors (Lipinski definition) is 8. The number of hydrogen-bond donors (Lipinski definition) is 2. The van der Waals surface area contributed by atoms with E-state index in [-0.39, 0.29) is 30.6 Å². The maximum Gasteiger partial charge on any atom is 0.320 e. The number of methoxy groups -OCH3 is 1. The number of fused-ring (bicyclic) bond motifs is 1. The average Bonchev–Trinajstić information content (AvgIpc) is 2.88. The smallest absolute Gasteiger partial charge is 0.320 e. The summed E-state index contributed by atoms with van der Waals surface area (Å²) in [6.45, 7) is 3.90. The SMILES string of the molecule is COCCC1CN(CC=CC(=O)Nc2ccc3ncnc(N[C@H](C)c4ccccc4)c3c2)CC(=O)O1. The van der Waals surface area contributed by atoms with E-state index in [1.54, 1.807) is 13.2 Å². The van der Waals surface area contributed by atoms with Crippen LogP contribution in [0.3, 0.4) is 0 Å². The molecule has 2 N–H and O–H groups in total. The normalized spacial score (nSPS) is 17.2. The second-order valence-corrected chi connectivity index (χ2v) is 8.71. The summed E-state index contributed by atoms with van der Waals surface area (Å²) < 4.78 is 10.4. The van der Waals surface area contributed by atoms with Crippen LogP contribution in [0.4, 0.5) is 11.5 Å². The zero-order chi connectivity index (χ0) is 25.3. The lowest BCUT2D eigenvalue weighted by Gasteiger charge is -2.31. The number of ether oxygens (including phenoxy) is 2. The van der Waals surface area contributed by atoms with Crippen LogP contribution in [-0.4, -0.2) is 66.2 Å². The van der Waals surface area contributed by atoms with Gasteiger partial charge in [-0.3, -0.25) is 14.5 Å². The number of esters is 1. The van der Waals surface area contributed by atoms with Gasteiger partial charge in [-0.1, -0.05) is 36.4 Å². The predicted octanol–water partition coefficient (Wildman–Crippen LogP) is 3.56. The van der Waals surface area contributed by atoms with Crippen molar-refractivity contribution in [1.82, 2.24) is 14.9 Å². The third-order valence-electron chi connectivity index (χ3n) is 5.95. The van der Waals surface area contributed by atoms with E-state index in [0.717, 1.165) is 16.5 Å². The number of carbonyl (C=O) groups excluding carboxylic acids is 2. The Labute approximate surface area is 210 Å². The van der Waals surface area contributed by atoms with Crippen molar-refractivity contribution in [1.29, 1.82) is 0 Å². The van der Waals surface area contributed by atoms with Crippen LogP contribution < -0.4 is 10.6 Å². The van der Waals surface area contributed by atoms with Crippen LogP contribution in [0.15, 0.2) is 67.0 Å². The first-order chi connectivity index (χ1) is 17.5. The molecule has 36 heavy (non-hydrogen) atoms. The molecule has 2 atom stereocenters. The predicted molar refractivity (Wildman–Crippen MR) is 139 cm³/mol. The molecule has 9 heteroatoms. The van der Waals surface area contributed by atoms with E-state index in [9.17, 15) is 9.59 Å². The van der Waals surface area contributed by atoms with E-state index in [1.165, 1.54) is 12.4 Å². The molecule has 1 aliphatic rings. The fourth-order valence-electron chi connectivity index (χ4n) is 4.11. The summed E-state index contributed by atoms with van der Waals surface area (Å²) >= 11 is 0. The number of carbonyl (C=O) groups is 2. The number of nitrogens with one attached hydrogen (secondary N) is 2. The largest absolute Gasteiger partial charge is 0.460 e. The number of amides is 1. The highest BCUT2D eigenvalue weighted by Gasteiger charge is 2.25. The van der Waals surface area contributed by atoms with Gasteiger partial charge in [-0.2, -0.15) is 0 Å². The molecule has 9 nitrogen and oxygen atoms in total. The molecule has 0 radical (unpaired) electrons. The fraction of sp³-hybridized carbons (Fsp3) is 0.333. The van der Waals surface area contributed by atoms with E-state index >= 15 is 0 Å². The highest BCUT2D eigenvalue weighted by molar-refractivity contribution is 6.01. The summed E-state index contributed by atoms with van der Waals surface area (Å²) in [4.78, 5) is 35.1. The van der Waals surface area contributed by atoms with Crippen LogP contribution in [-0.2, 0) is 19.1 Å². The molecule has 3 aromatic rings. The molecule has 0 aliphatic carbocycles. The minimum absolute atomic E-state index is 0.0478. The Morgan fingerprint density at radius 1 is 1.25 bits per heavy atom. The molecule has 1 aliphatic heterocycles. The van der Waals surface area contributed by atoms with Gasteiger partial charge in [0.25, 0.3) is 0 Å². The van der Waals surface area contributed by atoms with Crippen molar-refractivity contribution < 1.29 is 19.1 Å². The summed E-state index contributed by atoms with van der Waals surface area (Å²) in [6, 6.07) is 15.7. The van der Waals surface area contributed by atoms with Crippen molar-refractivity contribution in [2.45, 2.75) is 25.5 Å². The van der Waals surface area contributed by atoms with Gasteiger partial charge in [0.2, 0.25) is 5.91 Å². The number of anilines is 2. The lowest BCUT2D eigenvalue weighted by atomic mass is 10.1. The summed E-state index contributed by atoms with van der Waals surface area (Å²) in [6.07, 6.45) is 5.21. The molecule has 1 unspecified atom stereocenters. The molecule has 1 saturated heterocycles. The molecule has 0 bridgehead atoms. The van der Waals surface area contributed by atoms with Gasteiger partial charge in [0.15, 0.2) is 0 Å². The lowest BCUT2D eigenvalue weighted by molar-refractivity contribution is -0.159. The Morgan fingerprint density at radius 2 is 2.08 bits per heavy atom. The van der Waals surface area contributed by atoms with Crippen molar-refractivity contribution >= 4 is 34.3 Å². The van der Waals surface area contributed by atoms with Crippen LogP contribution in [0, 0.1) is 0 Å². The second-order valence-electron chi connectivity index (χ2n) is 8.71. The highest BCUT2D eigenvalue weighted by Crippen LogP contribution is 2.26. The Kier molecular flexibility index (Phi) is 8.59. The number of cyclic esters (lactones) is 1. The van der Waals surface area contributed by atoms with Crippen LogP contribution in [0.1, 0.15) is 24.9 Å². The summed E-state index contributed by atoms with van der Waals surface area (Å²) in [5.74, 6) is 0.182. The van der Waals surface area contributed by atoms with Gasteiger partial charge in [-0.25, -0.2) is 9.97 Å². The van der Waals surface area contributed by atoms with Gasteiger partial charge in [0.1, 0.15) is 18.2 Å². The molecule has 0 spiro atoms. The van der Waals surface area contributed by atoms with E-state index in [1.807, 2.05) is 41.3 Å². The average molecular weight is 490 g/mol. The number of benzene rings is 2. The zero-order valence-electron chi connectivity index (χ0n) is 20.5. The Balaban J connectivity index is 1.37. The first-order valence-corrected chi connectivity index (χ1v) is 12.0. The Bertz CT molecular complexity index is 1220. The van der Waals surface area contributed by atoms with E-state index in [0.29, 0.717) is 37.6 Å². The van der Waals surface area contributed by atoms with E-state index in [2.05, 4.69) is 39.7 Å². The lowest BCUT2D eigenvalue weighted by Crippen LogP contribution is -2.45. The van der Waals surface area contributed by atoms with E-state index in [4.69, 9.17) is 9.47 Å². The van der Waals surface area contributed by atoms with Crippen molar-refractivity contribution in [3.63, 3.8) is 0 Å². The van der Waals surface area contributed by atoms with Gasteiger partial charge < -0.3 is 20.1 Å². The molecule has 2 heterocycles. The zero-order valence-corrected chi connectivity index (χ0v) is 20.5. The van der Waals surface area contributed by atoms with Crippen LogP contribution >= 0.6 is 0 Å². The first kappa shape index (κ1) is 25.3. The third-order valence-corrected chi connectivity index (χ3v) is 5.95. The number of aromatic nitrogens is 2. The molecule has 188 valence electrons. The molecule has 1 aromatic heterocycles. The van der Waals surface area contributed by atoms with Gasteiger partial charge in [0.05, 0.1) is 12.1 Å². The van der Waals surface area contributed by atoms with Gasteiger partial charge >= 0.3 is 5.97 Å². The minimum Gasteiger partial charge on any atom is -0.460 e. The van der Waals surface area contributed by atoms with Gasteiger partial charge in [0, 0.05) is 56.4 Å². The standard InChI is InChI=1S/C27H31N5O4/c1-19(20-7-4-3-5-8-20)30-27-23-15-21(10-11-24(23)28-18-29-27)31-25(33)9-6-13-32-16-22(12-14-35-2)36-26(34)17-32/h3-11,15,18-19,22H,12-14,16-17H2,1-2H3,(H,31,33)(H,28,29,30)/t19-,22?/m1/s1. The number of nitrogens with zero attached hydrogens (tertiary/aromatic N) is 3. The van der Waals surface area contributed by atoms with Crippen molar-refractivity contribution in [2.75, 3.05) is 44.0 Å². The van der Waals surface area contributed by atoms with Crippen LogP contribution in [0.5, 0.6) is 0 Å². The van der Waals surface area contributed by atoms with Gasteiger partial charge in [-0.05, 0) is 30.7 Å². The molecular formula is C27H31N5O4. The Hall–Kier alpha value is -3.82. The number of morpholine rings is 1. The molecular weight excluding hydrogens is 458 g/mol. The second kappa shape index (κ2) is 12.2. The Morgan fingerprint density at radius 3 is 2.89 bits per heavy atom. The van der Waals surface area contributed by atoms with Crippen LogP contribution in [0.2, 0.25) is 0 Å². The molecule has 2 aromatic carbocycles. The monoisotopic (exact) mass is 489 g/mol. The van der Waals surface area contributed by atoms with Gasteiger partial charge in [-0.15, -0.1) is 0 Å². The first-order valence-electron chi connectivity index (χ1n) is 12.0. The summed E-state index contributed by atoms with van der Waals surface area (Å²) in [5, 5.41) is 7.15. The maximum absolute atomic E-state index is 12.5. The fourth-order valence-corrected chi connectivity index (χ4v) is 4.11. The topological polar surface area (TPSA) is 106 Å². The maximum atomic E-state index is 12.5. The quantitative estimate of drug-likeness (QED) is 0.329. The van der Waals surface area contributed by atoms with Crippen molar-refractivity contribution in [2.24, 2.45) is 0 Å². The molecule has 0 saturated carbocycles. The minimum atomic E-state index is -0.260. The third kappa shape index (κ3) is 6.87. The highest BCUT2D eigenvalue weighted by atomic mass is 16.5. The number of rotatable bonds is 10. The molecule has 1 fully saturated rings. The van der Waals surface area contributed by atoms with Crippen molar-refractivity contribution in [3.05, 3.63) is 72.6 Å². The van der Waals surface area contributed by atoms with Crippen molar-refractivity contribution in [3.8, 4) is 0 Å². The molecule has 4 rings (SSSR count). The van der Waals surface area contributed by atoms with Crippen LogP contribution in [0.25, 0.3) is 10.9 Å². The summed E-state index contributed by atoms with van der Waals surface area (Å²) in [5.41, 5.74) is 2.57. The molecule has 1 amide bonds. The van der Waals surface area contributed by atoms with E-state index < -0.39 is 0 Å².